The lowest BCUT2D eigenvalue weighted by atomic mass is 9.58. The molecule has 2 heterocycles. The molecule has 2 aliphatic heterocycles. The number of ether oxygens (including phenoxy) is 1. The number of methoxy groups -OCH3 is 1. The normalized spacial score (nSPS) is 27.0. The number of para-hydroxylation sites is 1. The van der Waals surface area contributed by atoms with Crippen LogP contribution in [0.3, 0.4) is 0 Å². The number of hydrogen-bond donors (Lipinski definition) is 4. The smallest absolute Gasteiger partial charge is 0.251 e. The molecule has 12 nitrogen and oxygen atoms in total. The van der Waals surface area contributed by atoms with Gasteiger partial charge in [-0.3, -0.25) is 19.3 Å². The molecular weight excluding hydrogens is 769 g/mol. The van der Waals surface area contributed by atoms with E-state index in [1.165, 1.54) is 5.56 Å². The maximum atomic E-state index is 14.5. The van der Waals surface area contributed by atoms with Gasteiger partial charge in [0.15, 0.2) is 0 Å². The molecule has 3 aromatic carbocycles. The van der Waals surface area contributed by atoms with E-state index < -0.39 is 24.2 Å². The number of nitrogens with one attached hydrogen (secondary N) is 2. The minimum Gasteiger partial charge on any atom is -0.496 e. The van der Waals surface area contributed by atoms with Crippen LogP contribution in [-0.4, -0.2) is 135 Å². The van der Waals surface area contributed by atoms with Crippen LogP contribution in [-0.2, 0) is 22.6 Å². The predicted octanol–water partition coefficient (Wildman–Crippen LogP) is 5.31. The highest BCUT2D eigenvalue weighted by atomic mass is 16.7. The van der Waals surface area contributed by atoms with E-state index in [2.05, 4.69) is 74.2 Å². The second-order valence-electron chi connectivity index (χ2n) is 19.0. The molecule has 2 saturated heterocycles. The molecule has 61 heavy (non-hydrogen) atoms. The van der Waals surface area contributed by atoms with Crippen molar-refractivity contribution in [1.82, 2.24) is 25.5 Å². The van der Waals surface area contributed by atoms with E-state index in [0.717, 1.165) is 67.9 Å². The topological polar surface area (TPSA) is 130 Å². The molecule has 334 valence electrons. The summed E-state index contributed by atoms with van der Waals surface area (Å²) in [4.78, 5) is 41.9. The molecule has 4 N–H and O–H groups in total. The van der Waals surface area contributed by atoms with Crippen molar-refractivity contribution in [3.05, 3.63) is 83.4 Å². The number of nitrogens with zero attached hydrogens (tertiary/aromatic N) is 4. The van der Waals surface area contributed by atoms with Crippen molar-refractivity contribution in [2.75, 3.05) is 72.5 Å². The van der Waals surface area contributed by atoms with Crippen molar-refractivity contribution in [3.63, 3.8) is 0 Å². The second kappa shape index (κ2) is 20.0. The van der Waals surface area contributed by atoms with E-state index in [1.807, 2.05) is 73.6 Å². The Morgan fingerprint density at radius 3 is 2.34 bits per heavy atom. The van der Waals surface area contributed by atoms with Gasteiger partial charge in [0.25, 0.3) is 5.91 Å². The number of rotatable bonds is 15. The molecule has 0 aromatic heterocycles. The first-order chi connectivity index (χ1) is 29.0. The number of likely N-dealkylation sites (N-methyl/N-ethyl adjacent to an activating group) is 1. The van der Waals surface area contributed by atoms with Crippen LogP contribution in [0, 0.1) is 29.1 Å². The van der Waals surface area contributed by atoms with Crippen molar-refractivity contribution in [3.8, 4) is 16.9 Å². The van der Waals surface area contributed by atoms with Gasteiger partial charge in [0.2, 0.25) is 5.91 Å². The van der Waals surface area contributed by atoms with Crippen LogP contribution in [0.2, 0.25) is 0 Å². The van der Waals surface area contributed by atoms with Gasteiger partial charge in [0.05, 0.1) is 26.4 Å². The fraction of sp³-hybridized carbons (Fsp3) is 0.592. The van der Waals surface area contributed by atoms with Crippen molar-refractivity contribution >= 4 is 17.5 Å². The molecule has 12 heteroatoms. The molecule has 3 aliphatic rings. The van der Waals surface area contributed by atoms with Crippen LogP contribution in [0.1, 0.15) is 69.4 Å². The monoisotopic (exact) mass is 841 g/mol. The first kappa shape index (κ1) is 46.5. The summed E-state index contributed by atoms with van der Waals surface area (Å²) in [5, 5.41) is 29.9. The van der Waals surface area contributed by atoms with Crippen molar-refractivity contribution < 1.29 is 29.4 Å². The molecule has 0 spiro atoms. The number of carbonyl (C=O) groups is 2. The first-order valence-electron chi connectivity index (χ1n) is 22.3. The number of aliphatic hydroxyl groups is 2. The lowest BCUT2D eigenvalue weighted by Crippen LogP contribution is -2.56. The Kier molecular flexibility index (Phi) is 15.2. The van der Waals surface area contributed by atoms with E-state index >= 15 is 0 Å². The summed E-state index contributed by atoms with van der Waals surface area (Å²) in [6, 6.07) is 21.1. The van der Waals surface area contributed by atoms with Crippen LogP contribution in [0.15, 0.2) is 66.7 Å². The number of carbonyl (C=O) groups excluding carboxylic acids is 2. The van der Waals surface area contributed by atoms with Crippen LogP contribution >= 0.6 is 0 Å². The standard InChI is InChI=1S/C49H72N6O6/c1-31-23-42(32(2)33(3)49(31,5)6)51-48(59)45-44(34(4)57)43(30-56)61-55(45)28-36-17-14-18-41(46(36)60-10)37-25-38(27-40(26-37)52(7)8)47(58)50-39(24-35-15-12-11-13-16-35)29-54-21-19-53(9)20-22-54/h11-18,25-27,31-34,39,42-45,56-57H,19-24,28-30H2,1-10H3,(H,50,58)(H,51,59)/t31-,32+,33+,34+,39-,42+,43+,44-,45+/m1/s1. The molecule has 2 amide bonds. The van der Waals surface area contributed by atoms with Gasteiger partial charge in [-0.1, -0.05) is 83.1 Å². The minimum absolute atomic E-state index is 0.0381. The maximum Gasteiger partial charge on any atom is 0.251 e. The third-order valence-corrected chi connectivity index (χ3v) is 14.6. The summed E-state index contributed by atoms with van der Waals surface area (Å²) < 4.78 is 6.16. The number of hydroxylamine groups is 2. The van der Waals surface area contributed by atoms with Crippen LogP contribution in [0.25, 0.3) is 11.1 Å². The zero-order valence-electron chi connectivity index (χ0n) is 38.2. The van der Waals surface area contributed by atoms with Crippen LogP contribution in [0.5, 0.6) is 5.75 Å². The van der Waals surface area contributed by atoms with Crippen molar-refractivity contribution in [1.29, 1.82) is 0 Å². The Hall–Kier alpha value is -4.04. The lowest BCUT2D eigenvalue weighted by Gasteiger charge is -2.50. The number of piperazine rings is 1. The summed E-state index contributed by atoms with van der Waals surface area (Å²) in [6.45, 7) is 17.5. The molecule has 0 unspecified atom stereocenters. The molecule has 9 atom stereocenters. The summed E-state index contributed by atoms with van der Waals surface area (Å²) in [5.41, 5.74) is 5.06. The van der Waals surface area contributed by atoms with Crippen LogP contribution in [0.4, 0.5) is 5.69 Å². The fourth-order valence-electron chi connectivity index (χ4n) is 9.88. The lowest BCUT2D eigenvalue weighted by molar-refractivity contribution is -0.182. The molecule has 0 radical (unpaired) electrons. The van der Waals surface area contributed by atoms with Gasteiger partial charge < -0.3 is 35.4 Å². The Morgan fingerprint density at radius 2 is 1.70 bits per heavy atom. The molecule has 6 rings (SSSR count). The van der Waals surface area contributed by atoms with Gasteiger partial charge >= 0.3 is 0 Å². The van der Waals surface area contributed by atoms with Gasteiger partial charge in [-0.05, 0) is 79.3 Å². The Labute approximate surface area is 364 Å². The molecule has 1 aliphatic carbocycles. The number of benzene rings is 3. The third kappa shape index (κ3) is 10.6. The van der Waals surface area contributed by atoms with Gasteiger partial charge in [0.1, 0.15) is 17.9 Å². The zero-order valence-corrected chi connectivity index (χ0v) is 38.2. The highest BCUT2D eigenvalue weighted by Crippen LogP contribution is 2.48. The van der Waals surface area contributed by atoms with E-state index in [-0.39, 0.29) is 48.4 Å². The Balaban J connectivity index is 1.28. The summed E-state index contributed by atoms with van der Waals surface area (Å²) in [7, 11) is 7.69. The average Bonchev–Trinajstić information content (AvgIpc) is 3.61. The van der Waals surface area contributed by atoms with E-state index in [0.29, 0.717) is 23.1 Å². The molecular formula is C49H72N6O6. The van der Waals surface area contributed by atoms with Gasteiger partial charge in [-0.2, -0.15) is 5.06 Å². The third-order valence-electron chi connectivity index (χ3n) is 14.6. The average molecular weight is 841 g/mol. The molecule has 0 bridgehead atoms. The highest BCUT2D eigenvalue weighted by Gasteiger charge is 2.51. The minimum atomic E-state index is -0.918. The Bertz CT molecular complexity index is 1930. The highest BCUT2D eigenvalue weighted by molar-refractivity contribution is 5.97. The number of amides is 2. The number of anilines is 1. The van der Waals surface area contributed by atoms with Gasteiger partial charge in [0, 0.05) is 87.2 Å². The van der Waals surface area contributed by atoms with Crippen molar-refractivity contribution in [2.45, 2.75) is 91.3 Å². The molecule has 3 fully saturated rings. The largest absolute Gasteiger partial charge is 0.496 e. The molecule has 1 saturated carbocycles. The maximum absolute atomic E-state index is 14.5. The summed E-state index contributed by atoms with van der Waals surface area (Å²) >= 11 is 0. The van der Waals surface area contributed by atoms with E-state index in [1.54, 1.807) is 19.1 Å². The second-order valence-corrected chi connectivity index (χ2v) is 19.0. The summed E-state index contributed by atoms with van der Waals surface area (Å²) in [6.07, 6.45) is -0.119. The molecule has 3 aromatic rings. The quantitative estimate of drug-likeness (QED) is 0.160. The van der Waals surface area contributed by atoms with E-state index in [9.17, 15) is 19.8 Å². The summed E-state index contributed by atoms with van der Waals surface area (Å²) in [5.74, 6) is 0.588. The van der Waals surface area contributed by atoms with Crippen molar-refractivity contribution in [2.24, 2.45) is 29.1 Å². The Morgan fingerprint density at radius 1 is 1.00 bits per heavy atom. The van der Waals surface area contributed by atoms with Gasteiger partial charge in [-0.25, -0.2) is 0 Å². The number of hydrogen-bond acceptors (Lipinski definition) is 10. The zero-order chi connectivity index (χ0) is 44.2. The fourth-order valence-corrected chi connectivity index (χ4v) is 9.88. The SMILES string of the molecule is COc1c(CN2O[C@@H](CO)[C@@H]([C@H](C)O)[C@H]2C(=O)N[C@H]2C[C@@H](C)C(C)(C)[C@@H](C)[C@@H]2C)cccc1-c1cc(C(=O)N[C@H](Cc2ccccc2)CN2CCN(C)CC2)cc(N(C)C)c1. The van der Waals surface area contributed by atoms with Crippen LogP contribution < -0.4 is 20.3 Å². The van der Waals surface area contributed by atoms with Gasteiger partial charge in [-0.15, -0.1) is 0 Å². The first-order valence-corrected chi connectivity index (χ1v) is 22.3. The number of aliphatic hydroxyl groups excluding tert-OH is 2. The van der Waals surface area contributed by atoms with E-state index in [4.69, 9.17) is 9.57 Å². The predicted molar refractivity (Wildman–Crippen MR) is 242 cm³/mol.